The van der Waals surface area contributed by atoms with E-state index in [1.165, 1.54) is 19.3 Å². The van der Waals surface area contributed by atoms with Gasteiger partial charge in [-0.25, -0.2) is 0 Å². The maximum Gasteiger partial charge on any atom is 0.155 e. The highest BCUT2D eigenvalue weighted by Gasteiger charge is 2.56. The van der Waals surface area contributed by atoms with Gasteiger partial charge in [0.1, 0.15) is 0 Å². The summed E-state index contributed by atoms with van der Waals surface area (Å²) in [4.78, 5) is 0. The summed E-state index contributed by atoms with van der Waals surface area (Å²) in [6, 6.07) is 0. The fourth-order valence-electron chi connectivity index (χ4n) is 3.61. The Morgan fingerprint density at radius 2 is 1.95 bits per heavy atom. The smallest absolute Gasteiger partial charge is 0.155 e. The molecule has 2 saturated heterocycles. The van der Waals surface area contributed by atoms with Crippen LogP contribution in [-0.4, -0.2) is 37.2 Å². The van der Waals surface area contributed by atoms with E-state index >= 15 is 0 Å². The Kier molecular flexibility index (Phi) is 6.66. The molecule has 0 aromatic heterocycles. The van der Waals surface area contributed by atoms with Gasteiger partial charge in [-0.3, -0.25) is 0 Å². The number of aliphatic hydroxyl groups is 1. The average molecular weight is 322 g/mol. The molecule has 1 saturated carbocycles. The fraction of sp³-hybridized carbons (Fsp3) is 1.00. The van der Waals surface area contributed by atoms with Gasteiger partial charge in [0.15, 0.2) is 9.03 Å². The molecular weight excluding hydrogens is 294 g/mol. The minimum atomic E-state index is -0.173. The second kappa shape index (κ2) is 7.81. The van der Waals surface area contributed by atoms with Crippen LogP contribution in [0.25, 0.3) is 0 Å². The van der Waals surface area contributed by atoms with E-state index < -0.39 is 0 Å². The summed E-state index contributed by atoms with van der Waals surface area (Å²) in [5.41, 5.74) is -0.0314. The average Bonchev–Trinajstić information content (AvgIpc) is 2.49. The van der Waals surface area contributed by atoms with E-state index in [0.717, 1.165) is 25.6 Å². The van der Waals surface area contributed by atoms with Gasteiger partial charge in [0, 0.05) is 19.6 Å². The van der Waals surface area contributed by atoms with Crippen molar-refractivity contribution < 1.29 is 18.7 Å². The first-order valence-corrected chi connectivity index (χ1v) is 9.64. The first kappa shape index (κ1) is 17.1. The minimum absolute atomic E-state index is 0.129. The normalized spacial score (nSPS) is 43.0. The third kappa shape index (κ3) is 3.37. The zero-order chi connectivity index (χ0) is 14.5. The lowest BCUT2D eigenvalue weighted by Gasteiger charge is -2.56. The van der Waals surface area contributed by atoms with Crippen LogP contribution in [0, 0.1) is 10.8 Å². The van der Waals surface area contributed by atoms with Crippen LogP contribution in [0.1, 0.15) is 46.0 Å². The Morgan fingerprint density at radius 1 is 1.15 bits per heavy atom. The van der Waals surface area contributed by atoms with E-state index in [4.69, 9.17) is 13.6 Å². The molecule has 1 spiro atoms. The second-order valence-electron chi connectivity index (χ2n) is 6.25. The van der Waals surface area contributed by atoms with E-state index in [2.05, 4.69) is 13.8 Å². The SMILES string of the molecule is CCC.OCC12CCCC3(CCPOC3)C1OPOC2. The lowest BCUT2D eigenvalue weighted by Crippen LogP contribution is -2.59. The van der Waals surface area contributed by atoms with Gasteiger partial charge in [-0.2, -0.15) is 0 Å². The molecule has 1 N–H and O–H groups in total. The van der Waals surface area contributed by atoms with Gasteiger partial charge < -0.3 is 18.7 Å². The standard InChI is InChI=1S/C11H20O4P2.C3H8/c12-6-11-3-1-2-10(4-5-16-13-7-10)9(11)15-17-14-8-11;1-3-2/h9,12,16-17H,1-8H2;3H2,1-2H3. The van der Waals surface area contributed by atoms with Gasteiger partial charge >= 0.3 is 0 Å². The fourth-order valence-corrected chi connectivity index (χ4v) is 5.75. The maximum absolute atomic E-state index is 9.79. The highest BCUT2D eigenvalue weighted by molar-refractivity contribution is 7.32. The Morgan fingerprint density at radius 3 is 2.60 bits per heavy atom. The van der Waals surface area contributed by atoms with E-state index in [9.17, 15) is 5.11 Å². The largest absolute Gasteiger partial charge is 0.396 e. The molecule has 3 rings (SSSR count). The highest BCUT2D eigenvalue weighted by atomic mass is 31.1. The number of aliphatic hydroxyl groups excluding tert-OH is 1. The molecule has 2 heterocycles. The quantitative estimate of drug-likeness (QED) is 0.751. The summed E-state index contributed by atoms with van der Waals surface area (Å²) in [5, 5.41) is 9.79. The Balaban J connectivity index is 0.000000452. The number of hydrogen-bond acceptors (Lipinski definition) is 4. The molecule has 5 atom stereocenters. The second-order valence-corrected chi connectivity index (χ2v) is 8.01. The zero-order valence-corrected chi connectivity index (χ0v) is 14.6. The van der Waals surface area contributed by atoms with E-state index in [1.54, 1.807) is 0 Å². The topological polar surface area (TPSA) is 47.9 Å². The predicted octanol–water partition coefficient (Wildman–Crippen LogP) is 3.49. The molecule has 118 valence electrons. The molecule has 0 aromatic carbocycles. The van der Waals surface area contributed by atoms with Crippen LogP contribution in [-0.2, 0) is 13.6 Å². The summed E-state index contributed by atoms with van der Waals surface area (Å²) >= 11 is 0. The molecule has 0 bridgehead atoms. The summed E-state index contributed by atoms with van der Waals surface area (Å²) in [6.45, 7) is 5.88. The van der Waals surface area contributed by atoms with Crippen molar-refractivity contribution >= 4 is 17.8 Å². The number of hydrogen-bond donors (Lipinski definition) is 1. The summed E-state index contributed by atoms with van der Waals surface area (Å²) in [5.74, 6) is 0. The lowest BCUT2D eigenvalue weighted by atomic mass is 9.59. The van der Waals surface area contributed by atoms with Crippen molar-refractivity contribution in [1.29, 1.82) is 0 Å². The lowest BCUT2D eigenvalue weighted by molar-refractivity contribution is -0.160. The Hall–Kier alpha value is 0.700. The van der Waals surface area contributed by atoms with Crippen LogP contribution in [0.5, 0.6) is 0 Å². The van der Waals surface area contributed by atoms with E-state index in [0.29, 0.717) is 15.4 Å². The Bertz CT molecular complexity index is 287. The third-order valence-corrected chi connectivity index (χ3v) is 5.94. The van der Waals surface area contributed by atoms with Crippen LogP contribution in [0.3, 0.4) is 0 Å². The molecule has 1 aliphatic carbocycles. The van der Waals surface area contributed by atoms with Crippen LogP contribution < -0.4 is 0 Å². The molecule has 5 unspecified atom stereocenters. The molecule has 6 heteroatoms. The van der Waals surface area contributed by atoms with Crippen molar-refractivity contribution in [3.05, 3.63) is 0 Å². The summed E-state index contributed by atoms with van der Waals surface area (Å²) < 4.78 is 17.1. The number of fused-ring (bicyclic) bond motifs is 2. The Labute approximate surface area is 126 Å². The van der Waals surface area contributed by atoms with Gasteiger partial charge in [0.2, 0.25) is 0 Å². The van der Waals surface area contributed by atoms with Gasteiger partial charge in [0.05, 0.1) is 25.9 Å². The summed E-state index contributed by atoms with van der Waals surface area (Å²) in [6.07, 6.45) is 7.05. The van der Waals surface area contributed by atoms with Crippen molar-refractivity contribution in [3.8, 4) is 0 Å². The third-order valence-electron chi connectivity index (χ3n) is 4.55. The van der Waals surface area contributed by atoms with Gasteiger partial charge in [-0.15, -0.1) is 0 Å². The maximum atomic E-state index is 9.79. The molecule has 3 fully saturated rings. The van der Waals surface area contributed by atoms with Crippen molar-refractivity contribution in [2.75, 3.05) is 26.0 Å². The van der Waals surface area contributed by atoms with Gasteiger partial charge in [-0.1, -0.05) is 26.7 Å². The molecule has 2 aliphatic heterocycles. The van der Waals surface area contributed by atoms with E-state index in [1.807, 2.05) is 0 Å². The highest BCUT2D eigenvalue weighted by Crippen LogP contribution is 2.57. The molecule has 0 aromatic rings. The van der Waals surface area contributed by atoms with Crippen LogP contribution in [0.4, 0.5) is 0 Å². The van der Waals surface area contributed by atoms with Crippen molar-refractivity contribution in [1.82, 2.24) is 0 Å². The van der Waals surface area contributed by atoms with E-state index in [-0.39, 0.29) is 32.6 Å². The zero-order valence-electron chi connectivity index (χ0n) is 12.6. The van der Waals surface area contributed by atoms with Gasteiger partial charge in [-0.05, 0) is 25.4 Å². The minimum Gasteiger partial charge on any atom is -0.396 e. The molecular formula is C14H28O4P2. The first-order valence-electron chi connectivity index (χ1n) is 7.71. The van der Waals surface area contributed by atoms with Crippen LogP contribution >= 0.6 is 17.8 Å². The predicted molar refractivity (Wildman–Crippen MR) is 84.7 cm³/mol. The van der Waals surface area contributed by atoms with Crippen LogP contribution in [0.15, 0.2) is 0 Å². The van der Waals surface area contributed by atoms with Crippen molar-refractivity contribution in [2.24, 2.45) is 10.8 Å². The molecule has 20 heavy (non-hydrogen) atoms. The first-order chi connectivity index (χ1) is 9.73. The molecule has 0 amide bonds. The number of rotatable bonds is 1. The van der Waals surface area contributed by atoms with Crippen LogP contribution in [0.2, 0.25) is 0 Å². The summed E-state index contributed by atoms with van der Waals surface area (Å²) in [7, 11) is 0.775. The molecule has 3 aliphatic rings. The molecule has 0 radical (unpaired) electrons. The van der Waals surface area contributed by atoms with Crippen molar-refractivity contribution in [3.63, 3.8) is 0 Å². The molecule has 4 nitrogen and oxygen atoms in total. The van der Waals surface area contributed by atoms with Crippen molar-refractivity contribution in [2.45, 2.75) is 52.1 Å². The monoisotopic (exact) mass is 322 g/mol. The van der Waals surface area contributed by atoms with Gasteiger partial charge in [0.25, 0.3) is 0 Å².